The average molecular weight is 408 g/mol. The van der Waals surface area contributed by atoms with E-state index in [0.717, 1.165) is 0 Å². The van der Waals surface area contributed by atoms with Crippen molar-refractivity contribution >= 4 is 23.1 Å². The fraction of sp³-hybridized carbons (Fsp3) is 0.333. The second-order valence-corrected chi connectivity index (χ2v) is 7.38. The van der Waals surface area contributed by atoms with Gasteiger partial charge in [0.1, 0.15) is 5.70 Å². The summed E-state index contributed by atoms with van der Waals surface area (Å²) in [5.41, 5.74) is 2.02. The summed E-state index contributed by atoms with van der Waals surface area (Å²) >= 11 is 0. The molecule has 0 aromatic heterocycles. The molecule has 0 spiro atoms. The SMILES string of the molecule is CCOc1ccc(NC2=C(c3ccccc3)C(=O)N(CC(C)C)C2=O)cc1OCC. The first-order chi connectivity index (χ1) is 14.5. The molecule has 158 valence electrons. The third-order valence-electron chi connectivity index (χ3n) is 4.59. The summed E-state index contributed by atoms with van der Waals surface area (Å²) in [6.07, 6.45) is 0. The van der Waals surface area contributed by atoms with E-state index in [1.807, 2.05) is 64.1 Å². The third-order valence-corrected chi connectivity index (χ3v) is 4.59. The number of carbonyl (C=O) groups excluding carboxylic acids is 2. The molecular weight excluding hydrogens is 380 g/mol. The number of ether oxygens (including phenoxy) is 2. The lowest BCUT2D eigenvalue weighted by Gasteiger charge is -2.17. The van der Waals surface area contributed by atoms with E-state index >= 15 is 0 Å². The first-order valence-electron chi connectivity index (χ1n) is 10.3. The predicted octanol–water partition coefficient (Wildman–Crippen LogP) is 4.33. The quantitative estimate of drug-likeness (QED) is 0.626. The summed E-state index contributed by atoms with van der Waals surface area (Å²) < 4.78 is 11.3. The molecule has 0 radical (unpaired) electrons. The van der Waals surface area contributed by atoms with E-state index in [1.165, 1.54) is 4.90 Å². The van der Waals surface area contributed by atoms with Crippen molar-refractivity contribution in [2.75, 3.05) is 25.1 Å². The van der Waals surface area contributed by atoms with Gasteiger partial charge < -0.3 is 14.8 Å². The zero-order valence-electron chi connectivity index (χ0n) is 17.9. The molecule has 6 nitrogen and oxygen atoms in total. The predicted molar refractivity (Wildman–Crippen MR) is 117 cm³/mol. The molecule has 1 aliphatic rings. The van der Waals surface area contributed by atoms with Crippen LogP contribution in [0.2, 0.25) is 0 Å². The second-order valence-electron chi connectivity index (χ2n) is 7.38. The molecule has 6 heteroatoms. The summed E-state index contributed by atoms with van der Waals surface area (Å²) in [6.45, 7) is 9.14. The Bertz CT molecular complexity index is 951. The zero-order chi connectivity index (χ0) is 21.7. The summed E-state index contributed by atoms with van der Waals surface area (Å²) in [5, 5.41) is 3.17. The molecule has 2 aromatic carbocycles. The van der Waals surface area contributed by atoms with Gasteiger partial charge in [0.05, 0.1) is 18.8 Å². The number of nitrogens with zero attached hydrogens (tertiary/aromatic N) is 1. The van der Waals surface area contributed by atoms with E-state index in [-0.39, 0.29) is 23.4 Å². The number of benzene rings is 2. The van der Waals surface area contributed by atoms with Crippen LogP contribution in [0.5, 0.6) is 11.5 Å². The first kappa shape index (κ1) is 21.4. The van der Waals surface area contributed by atoms with Gasteiger partial charge in [-0.2, -0.15) is 0 Å². The number of hydrogen-bond acceptors (Lipinski definition) is 5. The standard InChI is InChI=1S/C24H28N2O4/c1-5-29-19-13-12-18(14-20(19)30-6-2)25-22-21(17-10-8-7-9-11-17)23(27)26(24(22)28)15-16(3)4/h7-14,16,25H,5-6,15H2,1-4H3. The normalized spacial score (nSPS) is 14.0. The largest absolute Gasteiger partial charge is 0.490 e. The minimum atomic E-state index is -0.320. The van der Waals surface area contributed by atoms with E-state index in [9.17, 15) is 9.59 Å². The Kier molecular flexibility index (Phi) is 6.77. The van der Waals surface area contributed by atoms with Crippen LogP contribution in [0.15, 0.2) is 54.2 Å². The maximum atomic E-state index is 13.1. The van der Waals surface area contributed by atoms with Gasteiger partial charge in [0.15, 0.2) is 11.5 Å². The van der Waals surface area contributed by atoms with Gasteiger partial charge in [-0.15, -0.1) is 0 Å². The molecule has 0 unspecified atom stereocenters. The Morgan fingerprint density at radius 2 is 1.57 bits per heavy atom. The highest BCUT2D eigenvalue weighted by Crippen LogP contribution is 2.34. The minimum Gasteiger partial charge on any atom is -0.490 e. The fourth-order valence-corrected chi connectivity index (χ4v) is 3.37. The Balaban J connectivity index is 2.02. The number of anilines is 1. The Morgan fingerprint density at radius 1 is 0.900 bits per heavy atom. The number of rotatable bonds is 9. The van der Waals surface area contributed by atoms with Gasteiger partial charge in [0, 0.05) is 18.3 Å². The second kappa shape index (κ2) is 9.48. The maximum Gasteiger partial charge on any atom is 0.278 e. The molecule has 2 amide bonds. The molecule has 1 heterocycles. The zero-order valence-corrected chi connectivity index (χ0v) is 17.9. The van der Waals surface area contributed by atoms with Crippen molar-refractivity contribution in [2.24, 2.45) is 5.92 Å². The van der Waals surface area contributed by atoms with Crippen molar-refractivity contribution in [3.63, 3.8) is 0 Å². The highest BCUT2D eigenvalue weighted by atomic mass is 16.5. The lowest BCUT2D eigenvalue weighted by molar-refractivity contribution is -0.137. The Labute approximate surface area is 177 Å². The Morgan fingerprint density at radius 3 is 2.20 bits per heavy atom. The van der Waals surface area contributed by atoms with Crippen LogP contribution in [0, 0.1) is 5.92 Å². The number of carbonyl (C=O) groups is 2. The number of amides is 2. The van der Waals surface area contributed by atoms with Gasteiger partial charge in [0.2, 0.25) is 0 Å². The summed E-state index contributed by atoms with van der Waals surface area (Å²) in [5.74, 6) is 0.793. The third kappa shape index (κ3) is 4.48. The minimum absolute atomic E-state index is 0.171. The monoisotopic (exact) mass is 408 g/mol. The molecule has 0 bridgehead atoms. The van der Waals surface area contributed by atoms with Crippen LogP contribution >= 0.6 is 0 Å². The van der Waals surface area contributed by atoms with E-state index < -0.39 is 0 Å². The summed E-state index contributed by atoms with van der Waals surface area (Å²) in [6, 6.07) is 14.7. The van der Waals surface area contributed by atoms with Crippen molar-refractivity contribution in [1.82, 2.24) is 4.90 Å². The van der Waals surface area contributed by atoms with Crippen LogP contribution in [0.25, 0.3) is 5.57 Å². The molecule has 0 fully saturated rings. The van der Waals surface area contributed by atoms with Gasteiger partial charge in [-0.1, -0.05) is 44.2 Å². The van der Waals surface area contributed by atoms with Crippen LogP contribution in [0.4, 0.5) is 5.69 Å². The van der Waals surface area contributed by atoms with Gasteiger partial charge in [0.25, 0.3) is 11.8 Å². The molecule has 30 heavy (non-hydrogen) atoms. The van der Waals surface area contributed by atoms with E-state index in [0.29, 0.717) is 48.1 Å². The number of imide groups is 1. The van der Waals surface area contributed by atoms with Crippen LogP contribution in [0.3, 0.4) is 0 Å². The van der Waals surface area contributed by atoms with Crippen molar-refractivity contribution in [3.05, 3.63) is 59.8 Å². The Hall–Kier alpha value is -3.28. The molecule has 0 saturated carbocycles. The van der Waals surface area contributed by atoms with E-state index in [1.54, 1.807) is 12.1 Å². The maximum absolute atomic E-state index is 13.1. The van der Waals surface area contributed by atoms with Gasteiger partial charge in [-0.3, -0.25) is 14.5 Å². The highest BCUT2D eigenvalue weighted by molar-refractivity contribution is 6.36. The molecular formula is C24H28N2O4. The van der Waals surface area contributed by atoms with Crippen molar-refractivity contribution in [3.8, 4) is 11.5 Å². The molecule has 3 rings (SSSR count). The average Bonchev–Trinajstić information content (AvgIpc) is 2.95. The lowest BCUT2D eigenvalue weighted by Crippen LogP contribution is -2.35. The van der Waals surface area contributed by atoms with Crippen LogP contribution in [-0.4, -0.2) is 36.5 Å². The molecule has 1 N–H and O–H groups in total. The number of nitrogens with one attached hydrogen (secondary N) is 1. The van der Waals surface area contributed by atoms with Crippen molar-refractivity contribution < 1.29 is 19.1 Å². The molecule has 2 aromatic rings. The van der Waals surface area contributed by atoms with Gasteiger partial charge in [-0.05, 0) is 37.5 Å². The van der Waals surface area contributed by atoms with Crippen molar-refractivity contribution in [2.45, 2.75) is 27.7 Å². The molecule has 0 saturated heterocycles. The van der Waals surface area contributed by atoms with Gasteiger partial charge >= 0.3 is 0 Å². The fourth-order valence-electron chi connectivity index (χ4n) is 3.37. The van der Waals surface area contributed by atoms with Crippen LogP contribution in [-0.2, 0) is 9.59 Å². The summed E-state index contributed by atoms with van der Waals surface area (Å²) in [7, 11) is 0. The van der Waals surface area contributed by atoms with Crippen molar-refractivity contribution in [1.29, 1.82) is 0 Å². The van der Waals surface area contributed by atoms with Gasteiger partial charge in [-0.25, -0.2) is 0 Å². The van der Waals surface area contributed by atoms with E-state index in [4.69, 9.17) is 9.47 Å². The highest BCUT2D eigenvalue weighted by Gasteiger charge is 2.39. The smallest absolute Gasteiger partial charge is 0.278 e. The first-order valence-corrected chi connectivity index (χ1v) is 10.3. The molecule has 1 aliphatic heterocycles. The molecule has 0 aliphatic carbocycles. The summed E-state index contributed by atoms with van der Waals surface area (Å²) in [4.78, 5) is 27.6. The van der Waals surface area contributed by atoms with Crippen LogP contribution in [0.1, 0.15) is 33.3 Å². The topological polar surface area (TPSA) is 67.9 Å². The molecule has 0 atom stereocenters. The van der Waals surface area contributed by atoms with Crippen LogP contribution < -0.4 is 14.8 Å². The lowest BCUT2D eigenvalue weighted by atomic mass is 10.0. The van der Waals surface area contributed by atoms with E-state index in [2.05, 4.69) is 5.32 Å². The number of hydrogen-bond donors (Lipinski definition) is 1.